The van der Waals surface area contributed by atoms with Crippen LogP contribution in [0.1, 0.15) is 16.9 Å². The lowest BCUT2D eigenvalue weighted by molar-refractivity contribution is 0.0736. The van der Waals surface area contributed by atoms with Crippen molar-refractivity contribution in [3.63, 3.8) is 0 Å². The molecule has 1 aromatic carbocycles. The third-order valence-electron chi connectivity index (χ3n) is 3.87. The molecule has 22 heavy (non-hydrogen) atoms. The van der Waals surface area contributed by atoms with Crippen molar-refractivity contribution in [1.82, 2.24) is 20.0 Å². The van der Waals surface area contributed by atoms with Crippen LogP contribution in [0, 0.1) is 5.82 Å². The highest BCUT2D eigenvalue weighted by molar-refractivity contribution is 9.10. The quantitative estimate of drug-likeness (QED) is 0.905. The molecule has 0 bridgehead atoms. The van der Waals surface area contributed by atoms with Crippen molar-refractivity contribution in [2.75, 3.05) is 20.1 Å². The lowest BCUT2D eigenvalue weighted by Crippen LogP contribution is -2.38. The molecule has 0 unspecified atom stereocenters. The van der Waals surface area contributed by atoms with Gasteiger partial charge in [0.05, 0.1) is 10.2 Å². The third kappa shape index (κ3) is 2.91. The molecule has 2 aromatic rings. The zero-order valence-electron chi connectivity index (χ0n) is 12.1. The van der Waals surface area contributed by atoms with Crippen LogP contribution in [0.2, 0.25) is 0 Å². The molecule has 7 heteroatoms. The fourth-order valence-electron chi connectivity index (χ4n) is 2.53. The van der Waals surface area contributed by atoms with E-state index in [4.69, 9.17) is 0 Å². The molecule has 1 atom stereocenters. The van der Waals surface area contributed by atoms with E-state index in [1.54, 1.807) is 35.0 Å². The first-order valence-corrected chi connectivity index (χ1v) is 7.84. The van der Waals surface area contributed by atoms with Crippen molar-refractivity contribution in [1.29, 1.82) is 0 Å². The van der Waals surface area contributed by atoms with E-state index < -0.39 is 0 Å². The van der Waals surface area contributed by atoms with Crippen LogP contribution in [0.5, 0.6) is 0 Å². The number of likely N-dealkylation sites (N-methyl/N-ethyl adjacent to an activating group) is 1. The Hall–Kier alpha value is -1.73. The summed E-state index contributed by atoms with van der Waals surface area (Å²) in [5, 5.41) is 7.58. The number of nitrogens with zero attached hydrogens (tertiary/aromatic N) is 3. The van der Waals surface area contributed by atoms with E-state index in [-0.39, 0.29) is 17.8 Å². The first-order chi connectivity index (χ1) is 10.6. The monoisotopic (exact) mass is 366 g/mol. The highest BCUT2D eigenvalue weighted by Gasteiger charge is 2.27. The standard InChI is InChI=1S/C15H16BrFN4O/c1-20(12-6-7-18-8-12)15(22)14-13(16)9-21(19-14)11-4-2-10(17)3-5-11/h2-5,9,12,18H,6-8H2,1H3/t12-/m1/s1. The second-order valence-electron chi connectivity index (χ2n) is 5.31. The van der Waals surface area contributed by atoms with Crippen molar-refractivity contribution in [3.05, 3.63) is 46.4 Å². The van der Waals surface area contributed by atoms with Gasteiger partial charge in [-0.1, -0.05) is 0 Å². The molecule has 1 aliphatic rings. The number of hydrogen-bond acceptors (Lipinski definition) is 3. The Labute approximate surface area is 136 Å². The van der Waals surface area contributed by atoms with E-state index >= 15 is 0 Å². The number of aromatic nitrogens is 2. The predicted octanol–water partition coefficient (Wildman–Crippen LogP) is 2.21. The summed E-state index contributed by atoms with van der Waals surface area (Å²) in [7, 11) is 1.79. The molecule has 1 saturated heterocycles. The van der Waals surface area contributed by atoms with Gasteiger partial charge in [0.2, 0.25) is 0 Å². The lowest BCUT2D eigenvalue weighted by Gasteiger charge is -2.22. The number of nitrogens with one attached hydrogen (secondary N) is 1. The van der Waals surface area contributed by atoms with Gasteiger partial charge in [0.1, 0.15) is 5.82 Å². The van der Waals surface area contributed by atoms with Gasteiger partial charge in [-0.15, -0.1) is 0 Å². The molecular weight excluding hydrogens is 351 g/mol. The molecule has 0 spiro atoms. The Morgan fingerprint density at radius 3 is 2.82 bits per heavy atom. The van der Waals surface area contributed by atoms with Gasteiger partial charge in [0.15, 0.2) is 5.69 Å². The zero-order chi connectivity index (χ0) is 15.7. The molecule has 0 radical (unpaired) electrons. The van der Waals surface area contributed by atoms with E-state index in [0.717, 1.165) is 19.5 Å². The predicted molar refractivity (Wildman–Crippen MR) is 84.6 cm³/mol. The Kier molecular flexibility index (Phi) is 4.26. The van der Waals surface area contributed by atoms with Gasteiger partial charge in [0, 0.05) is 25.8 Å². The van der Waals surface area contributed by atoms with Crippen LogP contribution in [-0.4, -0.2) is 46.8 Å². The smallest absolute Gasteiger partial charge is 0.275 e. The van der Waals surface area contributed by atoms with E-state index in [1.807, 2.05) is 0 Å². The molecule has 0 saturated carbocycles. The van der Waals surface area contributed by atoms with Crippen molar-refractivity contribution in [2.24, 2.45) is 0 Å². The first-order valence-electron chi connectivity index (χ1n) is 7.05. The van der Waals surface area contributed by atoms with Crippen molar-refractivity contribution in [2.45, 2.75) is 12.5 Å². The average Bonchev–Trinajstić information content (AvgIpc) is 3.16. The Morgan fingerprint density at radius 2 is 2.18 bits per heavy atom. The molecule has 1 N–H and O–H groups in total. The Bertz CT molecular complexity index is 679. The fraction of sp³-hybridized carbons (Fsp3) is 0.333. The van der Waals surface area contributed by atoms with Gasteiger partial charge in [-0.3, -0.25) is 4.79 Å². The number of halogens is 2. The molecule has 1 amide bonds. The summed E-state index contributed by atoms with van der Waals surface area (Å²) in [6, 6.07) is 6.16. The van der Waals surface area contributed by atoms with E-state index in [2.05, 4.69) is 26.3 Å². The summed E-state index contributed by atoms with van der Waals surface area (Å²) in [6.45, 7) is 1.73. The first kappa shape index (κ1) is 15.2. The van der Waals surface area contributed by atoms with Crippen LogP contribution in [0.4, 0.5) is 4.39 Å². The number of benzene rings is 1. The van der Waals surface area contributed by atoms with Gasteiger partial charge >= 0.3 is 0 Å². The molecule has 1 aliphatic heterocycles. The van der Waals surface area contributed by atoms with Crippen molar-refractivity contribution < 1.29 is 9.18 Å². The second-order valence-corrected chi connectivity index (χ2v) is 6.16. The fourth-order valence-corrected chi connectivity index (χ4v) is 2.97. The van der Waals surface area contributed by atoms with Gasteiger partial charge in [-0.2, -0.15) is 5.10 Å². The SMILES string of the molecule is CN(C(=O)c1nn(-c2ccc(F)cc2)cc1Br)[C@@H]1CCNC1. The van der Waals surface area contributed by atoms with Gasteiger partial charge in [-0.25, -0.2) is 9.07 Å². The number of hydrogen-bond donors (Lipinski definition) is 1. The molecule has 0 aliphatic carbocycles. The van der Waals surface area contributed by atoms with E-state index in [1.165, 1.54) is 12.1 Å². The number of rotatable bonds is 3. The number of amides is 1. The van der Waals surface area contributed by atoms with Crippen molar-refractivity contribution >= 4 is 21.8 Å². The van der Waals surface area contributed by atoms with Gasteiger partial charge in [-0.05, 0) is 53.2 Å². The van der Waals surface area contributed by atoms with Crippen LogP contribution < -0.4 is 5.32 Å². The summed E-state index contributed by atoms with van der Waals surface area (Å²) in [6.07, 6.45) is 2.65. The number of carbonyl (C=O) groups is 1. The van der Waals surface area contributed by atoms with Crippen molar-refractivity contribution in [3.8, 4) is 5.69 Å². The van der Waals surface area contributed by atoms with Crippen LogP contribution in [0.25, 0.3) is 5.69 Å². The Balaban J connectivity index is 1.85. The maximum Gasteiger partial charge on any atom is 0.275 e. The third-order valence-corrected chi connectivity index (χ3v) is 4.45. The summed E-state index contributed by atoms with van der Waals surface area (Å²) < 4.78 is 15.2. The molecule has 3 rings (SSSR count). The molecule has 5 nitrogen and oxygen atoms in total. The summed E-state index contributed by atoms with van der Waals surface area (Å²) in [5.41, 5.74) is 1.06. The maximum absolute atomic E-state index is 13.0. The highest BCUT2D eigenvalue weighted by atomic mass is 79.9. The highest BCUT2D eigenvalue weighted by Crippen LogP contribution is 2.21. The minimum atomic E-state index is -0.306. The van der Waals surface area contributed by atoms with Crippen LogP contribution in [0.3, 0.4) is 0 Å². The maximum atomic E-state index is 13.0. The van der Waals surface area contributed by atoms with Crippen LogP contribution in [0.15, 0.2) is 34.9 Å². The molecule has 116 valence electrons. The minimum Gasteiger partial charge on any atom is -0.336 e. The topological polar surface area (TPSA) is 50.2 Å². The largest absolute Gasteiger partial charge is 0.336 e. The normalized spacial score (nSPS) is 17.7. The average molecular weight is 367 g/mol. The van der Waals surface area contributed by atoms with Crippen LogP contribution >= 0.6 is 15.9 Å². The summed E-state index contributed by atoms with van der Waals surface area (Å²) >= 11 is 3.39. The molecular formula is C15H16BrFN4O. The van der Waals surface area contributed by atoms with Gasteiger partial charge in [0.25, 0.3) is 5.91 Å². The van der Waals surface area contributed by atoms with Crippen LogP contribution in [-0.2, 0) is 0 Å². The second kappa shape index (κ2) is 6.18. The lowest BCUT2D eigenvalue weighted by atomic mass is 10.2. The van der Waals surface area contributed by atoms with E-state index in [0.29, 0.717) is 15.9 Å². The van der Waals surface area contributed by atoms with Gasteiger partial charge < -0.3 is 10.2 Å². The number of carbonyl (C=O) groups excluding carboxylic acids is 1. The minimum absolute atomic E-state index is 0.124. The van der Waals surface area contributed by atoms with E-state index in [9.17, 15) is 9.18 Å². The molecule has 1 fully saturated rings. The summed E-state index contributed by atoms with van der Waals surface area (Å²) in [4.78, 5) is 14.3. The summed E-state index contributed by atoms with van der Waals surface area (Å²) in [5.74, 6) is -0.429. The zero-order valence-corrected chi connectivity index (χ0v) is 13.7. The molecule has 1 aromatic heterocycles. The molecule has 2 heterocycles. The Morgan fingerprint density at radius 1 is 1.45 bits per heavy atom.